The van der Waals surface area contributed by atoms with Gasteiger partial charge in [-0.15, -0.1) is 6.58 Å². The first-order valence-corrected chi connectivity index (χ1v) is 4.22. The molecule has 1 aliphatic heterocycles. The van der Waals surface area contributed by atoms with E-state index in [-0.39, 0.29) is 5.91 Å². The minimum Gasteiger partial charge on any atom is -0.386 e. The van der Waals surface area contributed by atoms with Crippen molar-refractivity contribution in [2.45, 2.75) is 25.4 Å². The summed E-state index contributed by atoms with van der Waals surface area (Å²) in [5.41, 5.74) is -0.614. The number of likely N-dealkylation sites (tertiary alicyclic amines) is 1. The summed E-state index contributed by atoms with van der Waals surface area (Å²) in [7, 11) is 0. The Morgan fingerprint density at radius 3 is 2.75 bits per heavy atom. The van der Waals surface area contributed by atoms with Crippen LogP contribution in [0.2, 0.25) is 0 Å². The molecule has 68 valence electrons. The van der Waals surface area contributed by atoms with E-state index < -0.39 is 5.60 Å². The van der Waals surface area contributed by atoms with Crippen molar-refractivity contribution in [3.8, 4) is 0 Å². The van der Waals surface area contributed by atoms with Gasteiger partial charge in [-0.25, -0.2) is 0 Å². The first kappa shape index (κ1) is 9.26. The fourth-order valence-corrected chi connectivity index (χ4v) is 1.32. The second kappa shape index (κ2) is 3.27. The summed E-state index contributed by atoms with van der Waals surface area (Å²) in [5, 5.41) is 9.59. The number of carbonyl (C=O) groups excluding carboxylic acids is 1. The van der Waals surface area contributed by atoms with Gasteiger partial charge in [-0.2, -0.15) is 0 Å². The van der Waals surface area contributed by atoms with Crippen LogP contribution in [0.3, 0.4) is 0 Å². The van der Waals surface area contributed by atoms with Gasteiger partial charge in [0.15, 0.2) is 0 Å². The molecule has 0 spiro atoms. The zero-order valence-electron chi connectivity index (χ0n) is 7.42. The Morgan fingerprint density at radius 2 is 2.33 bits per heavy atom. The molecular formula is C9H15NO2. The van der Waals surface area contributed by atoms with Crippen molar-refractivity contribution in [3.63, 3.8) is 0 Å². The molecule has 0 aromatic rings. The van der Waals surface area contributed by atoms with Gasteiger partial charge >= 0.3 is 0 Å². The molecule has 3 heteroatoms. The predicted octanol–water partition coefficient (Wildman–Crippen LogP) is 0.546. The van der Waals surface area contributed by atoms with Gasteiger partial charge in [0.1, 0.15) is 0 Å². The molecule has 0 aromatic heterocycles. The maximum absolute atomic E-state index is 11.2. The lowest BCUT2D eigenvalue weighted by Gasteiger charge is -2.46. The summed E-state index contributed by atoms with van der Waals surface area (Å²) in [6.07, 6.45) is 2.68. The Hall–Kier alpha value is -0.830. The van der Waals surface area contributed by atoms with Gasteiger partial charge in [0.05, 0.1) is 18.7 Å². The summed E-state index contributed by atoms with van der Waals surface area (Å²) in [6, 6.07) is 0. The monoisotopic (exact) mass is 169 g/mol. The van der Waals surface area contributed by atoms with Gasteiger partial charge < -0.3 is 10.0 Å². The number of amides is 1. The van der Waals surface area contributed by atoms with Crippen molar-refractivity contribution in [3.05, 3.63) is 12.7 Å². The Kier molecular flexibility index (Phi) is 2.52. The molecule has 1 heterocycles. The molecule has 0 aromatic carbocycles. The van der Waals surface area contributed by atoms with E-state index in [0.717, 1.165) is 0 Å². The Bertz CT molecular complexity index is 195. The molecular weight excluding hydrogens is 154 g/mol. The minimum absolute atomic E-state index is 0.0584. The van der Waals surface area contributed by atoms with Crippen molar-refractivity contribution in [1.29, 1.82) is 0 Å². The number of hydrogen-bond donors (Lipinski definition) is 1. The quantitative estimate of drug-likeness (QED) is 0.627. The third-order valence-electron chi connectivity index (χ3n) is 2.30. The molecule has 0 aliphatic carbocycles. The normalized spacial score (nSPS) is 20.0. The highest BCUT2D eigenvalue weighted by Crippen LogP contribution is 2.24. The summed E-state index contributed by atoms with van der Waals surface area (Å²) >= 11 is 0. The van der Waals surface area contributed by atoms with E-state index in [4.69, 9.17) is 0 Å². The van der Waals surface area contributed by atoms with Gasteiger partial charge in [-0.1, -0.05) is 13.0 Å². The molecule has 1 saturated heterocycles. The smallest absolute Gasteiger partial charge is 0.226 e. The van der Waals surface area contributed by atoms with Crippen LogP contribution in [0.4, 0.5) is 0 Å². The molecule has 1 rings (SSSR count). The molecule has 0 radical (unpaired) electrons. The molecule has 1 fully saturated rings. The molecule has 0 atom stereocenters. The number of hydrogen-bond acceptors (Lipinski definition) is 2. The number of nitrogens with zero attached hydrogens (tertiary/aromatic N) is 1. The van der Waals surface area contributed by atoms with Gasteiger partial charge in [0, 0.05) is 6.42 Å². The highest BCUT2D eigenvalue weighted by molar-refractivity contribution is 5.78. The van der Waals surface area contributed by atoms with Crippen LogP contribution in [-0.2, 0) is 4.79 Å². The van der Waals surface area contributed by atoms with Crippen LogP contribution in [0, 0.1) is 0 Å². The van der Waals surface area contributed by atoms with E-state index in [0.29, 0.717) is 25.9 Å². The Balaban J connectivity index is 2.33. The molecule has 12 heavy (non-hydrogen) atoms. The predicted molar refractivity (Wildman–Crippen MR) is 46.6 cm³/mol. The lowest BCUT2D eigenvalue weighted by molar-refractivity contribution is -0.154. The van der Waals surface area contributed by atoms with Gasteiger partial charge in [-0.3, -0.25) is 4.79 Å². The minimum atomic E-state index is -0.614. The molecule has 0 unspecified atom stereocenters. The maximum Gasteiger partial charge on any atom is 0.226 e. The molecule has 1 N–H and O–H groups in total. The second-order valence-electron chi connectivity index (χ2n) is 3.32. The molecule has 0 bridgehead atoms. The summed E-state index contributed by atoms with van der Waals surface area (Å²) in [6.45, 7) is 6.38. The third-order valence-corrected chi connectivity index (χ3v) is 2.30. The molecule has 1 amide bonds. The van der Waals surface area contributed by atoms with Crippen LogP contribution in [0.1, 0.15) is 19.8 Å². The largest absolute Gasteiger partial charge is 0.386 e. The van der Waals surface area contributed by atoms with Crippen LogP contribution in [0.15, 0.2) is 12.7 Å². The zero-order valence-corrected chi connectivity index (χ0v) is 7.42. The second-order valence-corrected chi connectivity index (χ2v) is 3.32. The maximum atomic E-state index is 11.2. The average molecular weight is 169 g/mol. The van der Waals surface area contributed by atoms with Crippen molar-refractivity contribution in [2.75, 3.05) is 13.1 Å². The number of aliphatic hydroxyl groups is 1. The average Bonchev–Trinajstić information content (AvgIpc) is 1.99. The zero-order chi connectivity index (χ0) is 9.19. The van der Waals surface area contributed by atoms with Crippen molar-refractivity contribution < 1.29 is 9.90 Å². The fourth-order valence-electron chi connectivity index (χ4n) is 1.32. The highest BCUT2D eigenvalue weighted by atomic mass is 16.3. The first-order valence-electron chi connectivity index (χ1n) is 4.22. The van der Waals surface area contributed by atoms with Gasteiger partial charge in [0.25, 0.3) is 0 Å². The lowest BCUT2D eigenvalue weighted by Crippen LogP contribution is -2.63. The molecule has 0 saturated carbocycles. The Labute approximate surface area is 72.7 Å². The summed E-state index contributed by atoms with van der Waals surface area (Å²) in [4.78, 5) is 12.8. The van der Waals surface area contributed by atoms with Crippen molar-refractivity contribution in [2.24, 2.45) is 0 Å². The van der Waals surface area contributed by atoms with Gasteiger partial charge in [0.2, 0.25) is 5.91 Å². The standard InChI is InChI=1S/C9H15NO2/c1-3-5-8(11)10-6-9(12,4-2)7-10/h3,12H,1,4-7H2,2H3. The lowest BCUT2D eigenvalue weighted by atomic mass is 9.91. The third kappa shape index (κ3) is 1.67. The molecule has 1 aliphatic rings. The van der Waals surface area contributed by atoms with Crippen LogP contribution in [-0.4, -0.2) is 34.6 Å². The van der Waals surface area contributed by atoms with Crippen LogP contribution in [0.5, 0.6) is 0 Å². The van der Waals surface area contributed by atoms with Gasteiger partial charge in [-0.05, 0) is 6.42 Å². The van der Waals surface area contributed by atoms with E-state index in [2.05, 4.69) is 6.58 Å². The number of rotatable bonds is 3. The molecule has 3 nitrogen and oxygen atoms in total. The van der Waals surface area contributed by atoms with Crippen molar-refractivity contribution >= 4 is 5.91 Å². The fraction of sp³-hybridized carbons (Fsp3) is 0.667. The summed E-state index contributed by atoms with van der Waals surface area (Å²) in [5.74, 6) is 0.0584. The highest BCUT2D eigenvalue weighted by Gasteiger charge is 2.41. The Morgan fingerprint density at radius 1 is 1.75 bits per heavy atom. The SMILES string of the molecule is C=CCC(=O)N1CC(O)(CC)C1. The van der Waals surface area contributed by atoms with E-state index >= 15 is 0 Å². The summed E-state index contributed by atoms with van der Waals surface area (Å²) < 4.78 is 0. The van der Waals surface area contributed by atoms with Crippen LogP contribution >= 0.6 is 0 Å². The van der Waals surface area contributed by atoms with E-state index in [1.807, 2.05) is 6.92 Å². The topological polar surface area (TPSA) is 40.5 Å². The van der Waals surface area contributed by atoms with E-state index in [9.17, 15) is 9.90 Å². The number of carbonyl (C=O) groups is 1. The van der Waals surface area contributed by atoms with E-state index in [1.165, 1.54) is 0 Å². The number of β-amino-alcohol motifs (C(OH)–C–C–N with tert-alkyl or cyclic N) is 1. The van der Waals surface area contributed by atoms with E-state index in [1.54, 1.807) is 11.0 Å². The van der Waals surface area contributed by atoms with Crippen LogP contribution < -0.4 is 0 Å². The van der Waals surface area contributed by atoms with Crippen molar-refractivity contribution in [1.82, 2.24) is 4.90 Å². The first-order chi connectivity index (χ1) is 5.61. The van der Waals surface area contributed by atoms with Crippen LogP contribution in [0.25, 0.3) is 0 Å².